The number of fused-ring (bicyclic) bond motifs is 1. The average molecular weight is 413 g/mol. The van der Waals surface area contributed by atoms with Crippen molar-refractivity contribution in [3.05, 3.63) is 24.3 Å². The van der Waals surface area contributed by atoms with Crippen molar-refractivity contribution in [3.8, 4) is 0 Å². The van der Waals surface area contributed by atoms with E-state index < -0.39 is 0 Å². The van der Waals surface area contributed by atoms with Gasteiger partial charge in [0, 0.05) is 19.3 Å². The first kappa shape index (κ1) is 18.3. The van der Waals surface area contributed by atoms with Gasteiger partial charge in [-0.15, -0.1) is 0 Å². The summed E-state index contributed by atoms with van der Waals surface area (Å²) in [6.07, 6.45) is 8.88. The van der Waals surface area contributed by atoms with Crippen molar-refractivity contribution >= 4 is 28.8 Å². The van der Waals surface area contributed by atoms with Crippen molar-refractivity contribution < 1.29 is 14.1 Å². The molecule has 2 heterocycles. The van der Waals surface area contributed by atoms with E-state index in [1.54, 1.807) is 0 Å². The Hall–Kier alpha value is -1.53. The van der Waals surface area contributed by atoms with E-state index in [0.717, 1.165) is 55.0 Å². The van der Waals surface area contributed by atoms with Crippen molar-refractivity contribution in [3.63, 3.8) is 0 Å². The standard InChI is InChI=1S/C23H29N3O2S/c27-21(15-29-22-24-19-3-1-2-4-20(19)28-22)25-5-7-26(8-6-25)23-12-16-9-17(13-23)11-18(10-16)14-23/h1-4,16-18H,5-15H2/p+1. The molecule has 1 saturated heterocycles. The van der Waals surface area contributed by atoms with Crippen molar-refractivity contribution in [2.24, 2.45) is 17.8 Å². The van der Waals surface area contributed by atoms with E-state index in [0.29, 0.717) is 16.5 Å². The predicted molar refractivity (Wildman–Crippen MR) is 113 cm³/mol. The van der Waals surface area contributed by atoms with E-state index in [1.807, 2.05) is 29.2 Å². The third-order valence-corrected chi connectivity index (χ3v) is 8.91. The number of quaternary nitrogens is 1. The van der Waals surface area contributed by atoms with E-state index >= 15 is 0 Å². The van der Waals surface area contributed by atoms with Gasteiger partial charge in [-0.2, -0.15) is 0 Å². The first-order chi connectivity index (χ1) is 14.2. The van der Waals surface area contributed by atoms with Crippen molar-refractivity contribution in [1.82, 2.24) is 9.88 Å². The molecule has 0 spiro atoms. The molecule has 0 radical (unpaired) electrons. The summed E-state index contributed by atoms with van der Waals surface area (Å²) in [5.41, 5.74) is 2.20. The van der Waals surface area contributed by atoms with Crippen LogP contribution in [0, 0.1) is 17.8 Å². The zero-order chi connectivity index (χ0) is 19.4. The second-order valence-corrected chi connectivity index (χ2v) is 10.8. The van der Waals surface area contributed by atoms with Crippen LogP contribution in [0.5, 0.6) is 0 Å². The molecule has 154 valence electrons. The maximum absolute atomic E-state index is 12.8. The number of aromatic nitrogens is 1. The lowest BCUT2D eigenvalue weighted by Gasteiger charge is -2.59. The number of hydrogen-bond acceptors (Lipinski definition) is 4. The summed E-state index contributed by atoms with van der Waals surface area (Å²) in [7, 11) is 0. The number of hydrogen-bond donors (Lipinski definition) is 1. The average Bonchev–Trinajstić information content (AvgIpc) is 3.14. The van der Waals surface area contributed by atoms with Crippen LogP contribution in [0.3, 0.4) is 0 Å². The molecule has 1 amide bonds. The Morgan fingerprint density at radius 1 is 1.10 bits per heavy atom. The predicted octanol–water partition coefficient (Wildman–Crippen LogP) is 2.62. The van der Waals surface area contributed by atoms with E-state index in [-0.39, 0.29) is 5.91 Å². The number of oxazole rings is 1. The summed E-state index contributed by atoms with van der Waals surface area (Å²) in [6, 6.07) is 7.76. The number of para-hydroxylation sites is 2. The fourth-order valence-electron chi connectivity index (χ4n) is 7.23. The molecule has 4 bridgehead atoms. The highest BCUT2D eigenvalue weighted by atomic mass is 32.2. The Kier molecular flexibility index (Phi) is 4.42. The van der Waals surface area contributed by atoms with Gasteiger partial charge >= 0.3 is 0 Å². The van der Waals surface area contributed by atoms with Gasteiger partial charge < -0.3 is 14.2 Å². The highest BCUT2D eigenvalue weighted by Crippen LogP contribution is 2.54. The Morgan fingerprint density at radius 3 is 2.41 bits per heavy atom. The minimum Gasteiger partial charge on any atom is -0.431 e. The largest absolute Gasteiger partial charge is 0.431 e. The van der Waals surface area contributed by atoms with E-state index in [4.69, 9.17) is 4.42 Å². The number of thioether (sulfide) groups is 1. The smallest absolute Gasteiger partial charge is 0.257 e. The van der Waals surface area contributed by atoms with Crippen LogP contribution >= 0.6 is 11.8 Å². The number of carbonyl (C=O) groups is 1. The number of nitrogens with zero attached hydrogens (tertiary/aromatic N) is 2. The van der Waals surface area contributed by atoms with Gasteiger partial charge in [-0.3, -0.25) is 4.79 Å². The van der Waals surface area contributed by atoms with Gasteiger partial charge in [0.1, 0.15) is 5.52 Å². The Labute approximate surface area is 176 Å². The van der Waals surface area contributed by atoms with Gasteiger partial charge in [-0.05, 0) is 49.1 Å². The van der Waals surface area contributed by atoms with Crippen molar-refractivity contribution in [2.45, 2.75) is 49.3 Å². The van der Waals surface area contributed by atoms with Gasteiger partial charge in [0.05, 0.1) is 37.5 Å². The highest BCUT2D eigenvalue weighted by molar-refractivity contribution is 7.99. The molecular weight excluding hydrogens is 382 g/mol. The molecule has 1 N–H and O–H groups in total. The molecule has 4 aliphatic carbocycles. The molecule has 1 aliphatic heterocycles. The second-order valence-electron chi connectivity index (χ2n) is 9.92. The van der Waals surface area contributed by atoms with Crippen LogP contribution in [-0.4, -0.2) is 53.3 Å². The van der Waals surface area contributed by atoms with Gasteiger partial charge in [-0.1, -0.05) is 23.9 Å². The summed E-state index contributed by atoms with van der Waals surface area (Å²) in [5.74, 6) is 3.64. The molecule has 5 nitrogen and oxygen atoms in total. The molecule has 2 aromatic rings. The topological polar surface area (TPSA) is 50.8 Å². The normalized spacial score (nSPS) is 34.2. The summed E-state index contributed by atoms with van der Waals surface area (Å²) < 4.78 is 5.74. The molecule has 1 aromatic carbocycles. The molecule has 7 rings (SSSR count). The Morgan fingerprint density at radius 2 is 1.76 bits per heavy atom. The molecule has 0 unspecified atom stereocenters. The number of amides is 1. The van der Waals surface area contributed by atoms with Gasteiger partial charge in [0.15, 0.2) is 5.58 Å². The highest BCUT2D eigenvalue weighted by Gasteiger charge is 2.56. The van der Waals surface area contributed by atoms with Crippen LogP contribution in [0.25, 0.3) is 11.1 Å². The van der Waals surface area contributed by atoms with Crippen LogP contribution in [-0.2, 0) is 4.79 Å². The lowest BCUT2D eigenvalue weighted by atomic mass is 9.52. The summed E-state index contributed by atoms with van der Waals surface area (Å²) >= 11 is 1.42. The summed E-state index contributed by atoms with van der Waals surface area (Å²) in [4.78, 5) is 21.1. The first-order valence-electron chi connectivity index (χ1n) is 11.3. The quantitative estimate of drug-likeness (QED) is 0.785. The van der Waals surface area contributed by atoms with E-state index in [9.17, 15) is 4.79 Å². The van der Waals surface area contributed by atoms with Crippen molar-refractivity contribution in [1.29, 1.82) is 0 Å². The third kappa shape index (κ3) is 3.28. The maximum Gasteiger partial charge on any atom is 0.257 e. The van der Waals surface area contributed by atoms with Crippen LogP contribution < -0.4 is 4.90 Å². The molecule has 1 aromatic heterocycles. The van der Waals surface area contributed by atoms with E-state index in [2.05, 4.69) is 9.88 Å². The van der Waals surface area contributed by atoms with Gasteiger partial charge in [-0.25, -0.2) is 4.98 Å². The fourth-order valence-corrected chi connectivity index (χ4v) is 7.97. The second kappa shape index (κ2) is 7.02. The molecule has 6 heteroatoms. The first-order valence-corrected chi connectivity index (χ1v) is 12.3. The summed E-state index contributed by atoms with van der Waals surface area (Å²) in [5, 5.41) is 0.595. The molecule has 5 fully saturated rings. The van der Waals surface area contributed by atoms with Gasteiger partial charge in [0.25, 0.3) is 5.22 Å². The minimum absolute atomic E-state index is 0.224. The number of benzene rings is 1. The van der Waals surface area contributed by atoms with Crippen LogP contribution in [0.1, 0.15) is 38.5 Å². The molecule has 5 aliphatic rings. The number of piperazine rings is 1. The van der Waals surface area contributed by atoms with Crippen molar-refractivity contribution in [2.75, 3.05) is 31.9 Å². The van der Waals surface area contributed by atoms with E-state index in [1.165, 1.54) is 50.3 Å². The third-order valence-electron chi connectivity index (χ3n) is 8.10. The van der Waals surface area contributed by atoms with Crippen LogP contribution in [0.2, 0.25) is 0 Å². The zero-order valence-corrected chi connectivity index (χ0v) is 17.8. The Bertz CT molecular complexity index is 849. The van der Waals surface area contributed by atoms with Crippen LogP contribution in [0.15, 0.2) is 33.9 Å². The maximum atomic E-state index is 12.8. The molecule has 29 heavy (non-hydrogen) atoms. The number of rotatable bonds is 4. The number of carbonyl (C=O) groups excluding carboxylic acids is 1. The zero-order valence-electron chi connectivity index (χ0n) is 16.9. The fraction of sp³-hybridized carbons (Fsp3) is 0.652. The monoisotopic (exact) mass is 412 g/mol. The minimum atomic E-state index is 0.224. The van der Waals surface area contributed by atoms with Crippen LogP contribution in [0.4, 0.5) is 0 Å². The number of nitrogens with one attached hydrogen (secondary N) is 1. The summed E-state index contributed by atoms with van der Waals surface area (Å²) in [6.45, 7) is 4.07. The molecular formula is C23H30N3O2S+. The Balaban J connectivity index is 1.05. The van der Waals surface area contributed by atoms with Gasteiger partial charge in [0.2, 0.25) is 5.91 Å². The molecule has 0 atom stereocenters. The lowest BCUT2D eigenvalue weighted by molar-refractivity contribution is -0.962. The SMILES string of the molecule is O=C(CSc1nc2ccccc2o1)N1CC[NH+](C23CC4CC(CC(C4)C2)C3)CC1. The molecule has 4 saturated carbocycles. The lowest BCUT2D eigenvalue weighted by Crippen LogP contribution is -3.23.